The van der Waals surface area contributed by atoms with E-state index in [1.54, 1.807) is 18.3 Å². The fraction of sp³-hybridized carbons (Fsp3) is 0.333. The standard InChI is InChI=1S/C24H27N3O2S/c1-27(2)24(21-11-7-17-30-21)14-12-18(13-15-24)26-22(28)20-10-6-16-25-23(20)29-19-8-4-3-5-9-19/h3-11,16-18H,12-15H2,1-2H3,(H,26,28). The largest absolute Gasteiger partial charge is 0.438 e. The lowest BCUT2D eigenvalue weighted by atomic mass is 9.77. The molecule has 30 heavy (non-hydrogen) atoms. The molecular weight excluding hydrogens is 394 g/mol. The molecule has 0 atom stereocenters. The summed E-state index contributed by atoms with van der Waals surface area (Å²) in [5.41, 5.74) is 0.523. The first-order chi connectivity index (χ1) is 14.6. The van der Waals surface area contributed by atoms with Gasteiger partial charge in [0.2, 0.25) is 5.88 Å². The molecule has 3 aromatic rings. The number of hydrogen-bond donors (Lipinski definition) is 1. The highest BCUT2D eigenvalue weighted by Crippen LogP contribution is 2.43. The molecule has 0 radical (unpaired) electrons. The van der Waals surface area contributed by atoms with Crippen LogP contribution in [0, 0.1) is 0 Å². The third kappa shape index (κ3) is 4.25. The lowest BCUT2D eigenvalue weighted by Crippen LogP contribution is -2.48. The van der Waals surface area contributed by atoms with Gasteiger partial charge in [0, 0.05) is 17.1 Å². The molecule has 1 aliphatic rings. The van der Waals surface area contributed by atoms with Crippen LogP contribution in [-0.4, -0.2) is 35.9 Å². The van der Waals surface area contributed by atoms with Crippen molar-refractivity contribution in [3.63, 3.8) is 0 Å². The van der Waals surface area contributed by atoms with E-state index in [0.29, 0.717) is 17.2 Å². The van der Waals surface area contributed by atoms with Gasteiger partial charge in [-0.3, -0.25) is 9.69 Å². The molecule has 1 fully saturated rings. The number of rotatable bonds is 6. The first-order valence-electron chi connectivity index (χ1n) is 10.3. The van der Waals surface area contributed by atoms with Crippen LogP contribution in [0.1, 0.15) is 40.9 Å². The fourth-order valence-electron chi connectivity index (χ4n) is 4.21. The van der Waals surface area contributed by atoms with Crippen molar-refractivity contribution in [3.05, 3.63) is 76.6 Å². The molecule has 5 nitrogen and oxygen atoms in total. The van der Waals surface area contributed by atoms with Gasteiger partial charge < -0.3 is 10.1 Å². The molecule has 1 amide bonds. The van der Waals surface area contributed by atoms with E-state index in [-0.39, 0.29) is 17.5 Å². The van der Waals surface area contributed by atoms with Crippen molar-refractivity contribution in [3.8, 4) is 11.6 Å². The minimum Gasteiger partial charge on any atom is -0.438 e. The smallest absolute Gasteiger partial charge is 0.257 e. The minimum atomic E-state index is -0.132. The van der Waals surface area contributed by atoms with Gasteiger partial charge in [-0.2, -0.15) is 0 Å². The highest BCUT2D eigenvalue weighted by atomic mass is 32.1. The number of carbonyl (C=O) groups is 1. The van der Waals surface area contributed by atoms with Gasteiger partial charge in [0.1, 0.15) is 11.3 Å². The van der Waals surface area contributed by atoms with Crippen molar-refractivity contribution < 1.29 is 9.53 Å². The molecule has 2 heterocycles. The molecule has 1 N–H and O–H groups in total. The highest BCUT2D eigenvalue weighted by molar-refractivity contribution is 7.10. The number of pyridine rings is 1. The Kier molecular flexibility index (Phi) is 6.16. The Hall–Kier alpha value is -2.70. The van der Waals surface area contributed by atoms with E-state index >= 15 is 0 Å². The van der Waals surface area contributed by atoms with Crippen LogP contribution in [0.5, 0.6) is 11.6 Å². The summed E-state index contributed by atoms with van der Waals surface area (Å²) in [4.78, 5) is 21.0. The summed E-state index contributed by atoms with van der Waals surface area (Å²) in [6.07, 6.45) is 5.56. The number of hydrogen-bond acceptors (Lipinski definition) is 5. The molecule has 1 aromatic carbocycles. The molecule has 0 unspecified atom stereocenters. The van der Waals surface area contributed by atoms with Gasteiger partial charge in [0.05, 0.1) is 5.54 Å². The maximum absolute atomic E-state index is 13.0. The fourth-order valence-corrected chi connectivity index (χ4v) is 5.27. The molecule has 2 aromatic heterocycles. The summed E-state index contributed by atoms with van der Waals surface area (Å²) < 4.78 is 5.86. The number of amides is 1. The lowest BCUT2D eigenvalue weighted by Gasteiger charge is -2.44. The molecule has 0 aliphatic heterocycles. The van der Waals surface area contributed by atoms with Gasteiger partial charge in [-0.15, -0.1) is 11.3 Å². The Morgan fingerprint density at radius 2 is 1.87 bits per heavy atom. The van der Waals surface area contributed by atoms with E-state index in [4.69, 9.17) is 4.74 Å². The third-order valence-electron chi connectivity index (χ3n) is 5.96. The Labute approximate surface area is 181 Å². The normalized spacial score (nSPS) is 21.4. The van der Waals surface area contributed by atoms with Crippen molar-refractivity contribution in [1.82, 2.24) is 15.2 Å². The molecular formula is C24H27N3O2S. The number of ether oxygens (including phenoxy) is 1. The quantitative estimate of drug-likeness (QED) is 0.604. The van der Waals surface area contributed by atoms with Gasteiger partial charge in [-0.25, -0.2) is 4.98 Å². The first-order valence-corrected chi connectivity index (χ1v) is 11.2. The van der Waals surface area contributed by atoms with Crippen LogP contribution < -0.4 is 10.1 Å². The van der Waals surface area contributed by atoms with Crippen LogP contribution in [0.2, 0.25) is 0 Å². The summed E-state index contributed by atoms with van der Waals surface area (Å²) in [6, 6.07) is 17.4. The van der Waals surface area contributed by atoms with E-state index in [9.17, 15) is 4.79 Å². The van der Waals surface area contributed by atoms with Crippen LogP contribution in [-0.2, 0) is 5.54 Å². The number of carbonyl (C=O) groups excluding carboxylic acids is 1. The van der Waals surface area contributed by atoms with Crippen molar-refractivity contribution in [1.29, 1.82) is 0 Å². The Morgan fingerprint density at radius 1 is 1.10 bits per heavy atom. The van der Waals surface area contributed by atoms with Gasteiger partial charge in [0.25, 0.3) is 5.91 Å². The lowest BCUT2D eigenvalue weighted by molar-refractivity contribution is 0.0776. The zero-order valence-electron chi connectivity index (χ0n) is 17.4. The average Bonchev–Trinajstić information content (AvgIpc) is 3.31. The second-order valence-corrected chi connectivity index (χ2v) is 8.87. The Morgan fingerprint density at radius 3 is 2.53 bits per heavy atom. The van der Waals surface area contributed by atoms with E-state index in [2.05, 4.69) is 46.8 Å². The molecule has 1 saturated carbocycles. The van der Waals surface area contributed by atoms with E-state index < -0.39 is 0 Å². The second kappa shape index (κ2) is 8.98. The topological polar surface area (TPSA) is 54.5 Å². The van der Waals surface area contributed by atoms with Crippen LogP contribution in [0.25, 0.3) is 0 Å². The number of thiophene rings is 1. The van der Waals surface area contributed by atoms with E-state index in [1.165, 1.54) is 4.88 Å². The number of nitrogens with one attached hydrogen (secondary N) is 1. The maximum atomic E-state index is 13.0. The maximum Gasteiger partial charge on any atom is 0.257 e. The zero-order chi connectivity index (χ0) is 21.0. The minimum absolute atomic E-state index is 0.0608. The predicted molar refractivity (Wildman–Crippen MR) is 120 cm³/mol. The molecule has 0 spiro atoms. The molecule has 1 aliphatic carbocycles. The summed E-state index contributed by atoms with van der Waals surface area (Å²) in [6.45, 7) is 0. The summed E-state index contributed by atoms with van der Waals surface area (Å²) in [5, 5.41) is 5.35. The van der Waals surface area contributed by atoms with Crippen molar-refractivity contribution in [2.75, 3.05) is 14.1 Å². The Balaban J connectivity index is 1.43. The van der Waals surface area contributed by atoms with Crippen LogP contribution in [0.4, 0.5) is 0 Å². The molecule has 4 rings (SSSR count). The van der Waals surface area contributed by atoms with Crippen molar-refractivity contribution >= 4 is 17.2 Å². The third-order valence-corrected chi connectivity index (χ3v) is 7.02. The van der Waals surface area contributed by atoms with Gasteiger partial charge in [0.15, 0.2) is 0 Å². The SMILES string of the molecule is CN(C)C1(c2cccs2)CCC(NC(=O)c2cccnc2Oc2ccccc2)CC1. The number of benzene rings is 1. The summed E-state index contributed by atoms with van der Waals surface area (Å²) >= 11 is 1.82. The van der Waals surface area contributed by atoms with Gasteiger partial charge in [-0.05, 0) is 75.5 Å². The first kappa shape index (κ1) is 20.6. The highest BCUT2D eigenvalue weighted by Gasteiger charge is 2.40. The molecule has 6 heteroatoms. The number of aromatic nitrogens is 1. The Bertz CT molecular complexity index is 965. The van der Waals surface area contributed by atoms with Gasteiger partial charge in [-0.1, -0.05) is 24.3 Å². The molecule has 0 bridgehead atoms. The monoisotopic (exact) mass is 421 g/mol. The van der Waals surface area contributed by atoms with E-state index in [1.807, 2.05) is 41.7 Å². The number of para-hydroxylation sites is 1. The zero-order valence-corrected chi connectivity index (χ0v) is 18.2. The average molecular weight is 422 g/mol. The molecule has 0 saturated heterocycles. The van der Waals surface area contributed by atoms with Crippen LogP contribution >= 0.6 is 11.3 Å². The van der Waals surface area contributed by atoms with Crippen molar-refractivity contribution in [2.24, 2.45) is 0 Å². The summed E-state index contributed by atoms with van der Waals surface area (Å²) in [7, 11) is 4.31. The number of nitrogens with zero attached hydrogens (tertiary/aromatic N) is 2. The predicted octanol–water partition coefficient (Wildman–Crippen LogP) is 5.06. The van der Waals surface area contributed by atoms with Crippen molar-refractivity contribution in [2.45, 2.75) is 37.3 Å². The second-order valence-electron chi connectivity index (χ2n) is 7.92. The van der Waals surface area contributed by atoms with E-state index in [0.717, 1.165) is 25.7 Å². The van der Waals surface area contributed by atoms with Crippen LogP contribution in [0.15, 0.2) is 66.2 Å². The summed E-state index contributed by atoms with van der Waals surface area (Å²) in [5.74, 6) is 0.861. The van der Waals surface area contributed by atoms with Crippen LogP contribution in [0.3, 0.4) is 0 Å². The van der Waals surface area contributed by atoms with Gasteiger partial charge >= 0.3 is 0 Å². The molecule has 156 valence electrons.